The van der Waals surface area contributed by atoms with Crippen LogP contribution in [0.1, 0.15) is 31.2 Å². The lowest BCUT2D eigenvalue weighted by atomic mass is 10.1. The molecule has 1 N–H and O–H groups in total. The number of amides is 2. The number of nitrogens with one attached hydrogen (secondary N) is 1. The van der Waals surface area contributed by atoms with Crippen LogP contribution < -0.4 is 5.32 Å². The van der Waals surface area contributed by atoms with Crippen LogP contribution in [0.5, 0.6) is 0 Å². The molecule has 7 heteroatoms. The molecule has 1 aromatic heterocycles. The van der Waals surface area contributed by atoms with Crippen LogP contribution in [0.4, 0.5) is 0 Å². The number of aromatic nitrogens is 1. The van der Waals surface area contributed by atoms with Crippen molar-refractivity contribution < 1.29 is 9.59 Å². The highest BCUT2D eigenvalue weighted by molar-refractivity contribution is 7.18. The fourth-order valence-electron chi connectivity index (χ4n) is 2.97. The number of carbonyl (C=O) groups excluding carboxylic acids is 2. The average Bonchev–Trinajstić information content (AvgIpc) is 3.21. The molecule has 2 atom stereocenters. The summed E-state index contributed by atoms with van der Waals surface area (Å²) in [4.78, 5) is 30.8. The maximum Gasteiger partial charge on any atom is 0.244 e. The van der Waals surface area contributed by atoms with Gasteiger partial charge in [-0.2, -0.15) is 5.26 Å². The van der Waals surface area contributed by atoms with Crippen LogP contribution >= 0.6 is 11.3 Å². The van der Waals surface area contributed by atoms with Crippen LogP contribution in [0.25, 0.3) is 10.2 Å². The Hall–Kier alpha value is -2.46. The molecule has 2 aromatic rings. The van der Waals surface area contributed by atoms with Gasteiger partial charge in [0.1, 0.15) is 5.01 Å². The second-order valence-corrected chi connectivity index (χ2v) is 7.58. The van der Waals surface area contributed by atoms with Gasteiger partial charge in [-0.15, -0.1) is 11.3 Å². The van der Waals surface area contributed by atoms with Gasteiger partial charge in [0.15, 0.2) is 5.92 Å². The molecule has 0 radical (unpaired) electrons. The third-order valence-corrected chi connectivity index (χ3v) is 5.39. The van der Waals surface area contributed by atoms with Crippen LogP contribution in [0.3, 0.4) is 0 Å². The van der Waals surface area contributed by atoms with Gasteiger partial charge >= 0.3 is 0 Å². The first kappa shape index (κ1) is 17.4. The van der Waals surface area contributed by atoms with E-state index in [1.807, 2.05) is 38.1 Å². The number of likely N-dealkylation sites (tertiary alicyclic amines) is 1. The highest BCUT2D eigenvalue weighted by Gasteiger charge is 2.31. The molecule has 0 unspecified atom stereocenters. The number of nitrogens with zero attached hydrogens (tertiary/aromatic N) is 3. The standard InChI is InChI=1S/C18H20N4O2S/c1-11(2)18(24)22-8-7-12(10-22)20-16(23)13(9-19)17-21-14-5-3-4-6-15(14)25-17/h3-6,11-13H,7-8,10H2,1-2H3,(H,20,23)/t12-,13-/m0/s1. The number of rotatable bonds is 4. The molecular formula is C18H20N4O2S. The summed E-state index contributed by atoms with van der Waals surface area (Å²) >= 11 is 1.37. The van der Waals surface area contributed by atoms with Gasteiger partial charge in [-0.05, 0) is 18.6 Å². The Labute approximate surface area is 150 Å². The van der Waals surface area contributed by atoms with Crippen molar-refractivity contribution in [2.45, 2.75) is 32.2 Å². The van der Waals surface area contributed by atoms with Gasteiger partial charge in [0.05, 0.1) is 16.3 Å². The predicted octanol–water partition coefficient (Wildman–Crippen LogP) is 2.28. The normalized spacial score (nSPS) is 18.3. The molecule has 0 spiro atoms. The van der Waals surface area contributed by atoms with E-state index in [1.165, 1.54) is 11.3 Å². The molecule has 6 nitrogen and oxygen atoms in total. The number of benzene rings is 1. The lowest BCUT2D eigenvalue weighted by Gasteiger charge is -2.19. The molecule has 1 aliphatic heterocycles. The molecule has 25 heavy (non-hydrogen) atoms. The molecule has 1 fully saturated rings. The summed E-state index contributed by atoms with van der Waals surface area (Å²) in [6, 6.07) is 9.53. The van der Waals surface area contributed by atoms with Crippen LogP contribution in [0.2, 0.25) is 0 Å². The number of fused-ring (bicyclic) bond motifs is 1. The van der Waals surface area contributed by atoms with Crippen molar-refractivity contribution in [2.24, 2.45) is 5.92 Å². The van der Waals surface area contributed by atoms with E-state index in [4.69, 9.17) is 0 Å². The Morgan fingerprint density at radius 2 is 2.16 bits per heavy atom. The summed E-state index contributed by atoms with van der Waals surface area (Å²) in [6.45, 7) is 4.88. The Balaban J connectivity index is 1.67. The van der Waals surface area contributed by atoms with Crippen molar-refractivity contribution >= 4 is 33.4 Å². The minimum absolute atomic E-state index is 0.0518. The topological polar surface area (TPSA) is 86.1 Å². The Morgan fingerprint density at radius 1 is 1.40 bits per heavy atom. The van der Waals surface area contributed by atoms with Gasteiger partial charge in [0.25, 0.3) is 0 Å². The zero-order valence-corrected chi connectivity index (χ0v) is 15.0. The highest BCUT2D eigenvalue weighted by atomic mass is 32.1. The van der Waals surface area contributed by atoms with Crippen molar-refractivity contribution in [3.8, 4) is 6.07 Å². The maximum absolute atomic E-state index is 12.5. The molecule has 1 aromatic carbocycles. The lowest BCUT2D eigenvalue weighted by Crippen LogP contribution is -2.41. The number of hydrogen-bond donors (Lipinski definition) is 1. The zero-order valence-electron chi connectivity index (χ0n) is 14.2. The third kappa shape index (κ3) is 3.64. The van der Waals surface area contributed by atoms with E-state index >= 15 is 0 Å². The van der Waals surface area contributed by atoms with Gasteiger partial charge in [-0.25, -0.2) is 4.98 Å². The first-order valence-corrected chi connectivity index (χ1v) is 9.15. The molecule has 1 saturated heterocycles. The van der Waals surface area contributed by atoms with Gasteiger partial charge in [0, 0.05) is 25.0 Å². The summed E-state index contributed by atoms with van der Waals surface area (Å²) in [5.74, 6) is -1.22. The Bertz CT molecular complexity index is 806. The largest absolute Gasteiger partial charge is 0.350 e. The number of carbonyl (C=O) groups is 2. The van der Waals surface area contributed by atoms with Gasteiger partial charge in [-0.1, -0.05) is 26.0 Å². The summed E-state index contributed by atoms with van der Waals surface area (Å²) in [5, 5.41) is 12.9. The minimum atomic E-state index is -0.924. The molecule has 2 heterocycles. The maximum atomic E-state index is 12.5. The van der Waals surface area contributed by atoms with E-state index in [-0.39, 0.29) is 23.8 Å². The molecule has 0 bridgehead atoms. The van der Waals surface area contributed by atoms with E-state index in [1.54, 1.807) is 4.90 Å². The van der Waals surface area contributed by atoms with Gasteiger partial charge in [0.2, 0.25) is 11.8 Å². The molecule has 1 aliphatic rings. The second-order valence-electron chi connectivity index (χ2n) is 6.52. The molecule has 3 rings (SSSR count). The van der Waals surface area contributed by atoms with Crippen LogP contribution in [0, 0.1) is 17.2 Å². The van der Waals surface area contributed by atoms with Crippen molar-refractivity contribution in [3.63, 3.8) is 0 Å². The Morgan fingerprint density at radius 3 is 2.84 bits per heavy atom. The SMILES string of the molecule is CC(C)C(=O)N1CC[C@H](NC(=O)[C@H](C#N)c2nc3ccccc3s2)C1. The fraction of sp³-hybridized carbons (Fsp3) is 0.444. The first-order chi connectivity index (χ1) is 12.0. The summed E-state index contributed by atoms with van der Waals surface area (Å²) < 4.78 is 0.958. The first-order valence-electron chi connectivity index (χ1n) is 8.34. The van der Waals surface area contributed by atoms with Crippen molar-refractivity contribution in [3.05, 3.63) is 29.3 Å². The van der Waals surface area contributed by atoms with Crippen molar-refractivity contribution in [1.82, 2.24) is 15.2 Å². The number of para-hydroxylation sites is 1. The van der Waals surface area contributed by atoms with Crippen LogP contribution in [-0.4, -0.2) is 40.8 Å². The van der Waals surface area contributed by atoms with E-state index in [2.05, 4.69) is 16.4 Å². The molecule has 2 amide bonds. The van der Waals surface area contributed by atoms with Crippen molar-refractivity contribution in [1.29, 1.82) is 5.26 Å². The minimum Gasteiger partial charge on any atom is -0.350 e. The predicted molar refractivity (Wildman–Crippen MR) is 95.9 cm³/mol. The monoisotopic (exact) mass is 356 g/mol. The molecule has 130 valence electrons. The number of nitriles is 1. The Kier molecular flexibility index (Phi) is 5.00. The van der Waals surface area contributed by atoms with Gasteiger partial charge in [-0.3, -0.25) is 9.59 Å². The lowest BCUT2D eigenvalue weighted by molar-refractivity contribution is -0.133. The number of hydrogen-bond acceptors (Lipinski definition) is 5. The van der Waals surface area contributed by atoms with E-state index in [9.17, 15) is 14.9 Å². The fourth-order valence-corrected chi connectivity index (χ4v) is 3.98. The summed E-state index contributed by atoms with van der Waals surface area (Å²) in [6.07, 6.45) is 0.711. The van der Waals surface area contributed by atoms with Crippen LogP contribution in [-0.2, 0) is 9.59 Å². The molecule has 0 aliphatic carbocycles. The highest BCUT2D eigenvalue weighted by Crippen LogP contribution is 2.27. The van der Waals surface area contributed by atoms with Gasteiger partial charge < -0.3 is 10.2 Å². The summed E-state index contributed by atoms with van der Waals surface area (Å²) in [5.41, 5.74) is 0.796. The molecular weight excluding hydrogens is 336 g/mol. The van der Waals surface area contributed by atoms with Crippen molar-refractivity contribution in [2.75, 3.05) is 13.1 Å². The third-order valence-electron chi connectivity index (χ3n) is 4.29. The second kappa shape index (κ2) is 7.19. The zero-order chi connectivity index (χ0) is 18.0. The smallest absolute Gasteiger partial charge is 0.244 e. The van der Waals surface area contributed by atoms with Crippen LogP contribution in [0.15, 0.2) is 24.3 Å². The average molecular weight is 356 g/mol. The van der Waals surface area contributed by atoms with E-state index in [0.29, 0.717) is 24.5 Å². The molecule has 0 saturated carbocycles. The quantitative estimate of drug-likeness (QED) is 0.910. The van der Waals surface area contributed by atoms with E-state index in [0.717, 1.165) is 10.2 Å². The summed E-state index contributed by atoms with van der Waals surface area (Å²) in [7, 11) is 0. The number of thiazole rings is 1. The van der Waals surface area contributed by atoms with E-state index < -0.39 is 5.92 Å².